The van der Waals surface area contributed by atoms with E-state index in [1.165, 1.54) is 16.5 Å². The van der Waals surface area contributed by atoms with Crippen molar-refractivity contribution >= 4 is 16.6 Å². The average Bonchev–Trinajstić information content (AvgIpc) is 3.14. The fraction of sp³-hybridized carbons (Fsp3) is 0.167. The Morgan fingerprint density at radius 3 is 2.36 bits per heavy atom. The first-order chi connectivity index (χ1) is 13.6. The molecule has 0 saturated carbocycles. The van der Waals surface area contributed by atoms with Crippen molar-refractivity contribution < 1.29 is 9.84 Å². The molecule has 0 fully saturated rings. The van der Waals surface area contributed by atoms with E-state index in [0.717, 1.165) is 16.8 Å². The van der Waals surface area contributed by atoms with Gasteiger partial charge in [0.2, 0.25) is 0 Å². The van der Waals surface area contributed by atoms with Gasteiger partial charge in [-0.25, -0.2) is 0 Å². The standard InChI is InChI=1S/C24H24N2O2/c1-26(2)18-11-8-16(9-12-18)24(17-10-13-22(27)23(14-17)28-3)20-15-25-21-7-5-4-6-19(20)21/h4-15,24-25,27H,1-3H3. The lowest BCUT2D eigenvalue weighted by Crippen LogP contribution is -2.09. The second kappa shape index (κ2) is 7.31. The van der Waals surface area contributed by atoms with Gasteiger partial charge in [-0.15, -0.1) is 0 Å². The number of aromatic nitrogens is 1. The van der Waals surface area contributed by atoms with Crippen molar-refractivity contribution in [2.75, 3.05) is 26.1 Å². The van der Waals surface area contributed by atoms with Crippen LogP contribution in [-0.2, 0) is 0 Å². The number of aromatic amines is 1. The summed E-state index contributed by atoms with van der Waals surface area (Å²) in [5.74, 6) is 0.640. The van der Waals surface area contributed by atoms with E-state index in [1.54, 1.807) is 13.2 Å². The summed E-state index contributed by atoms with van der Waals surface area (Å²) in [6, 6.07) is 22.5. The van der Waals surface area contributed by atoms with E-state index in [2.05, 4.69) is 58.5 Å². The van der Waals surface area contributed by atoms with Gasteiger partial charge in [0.15, 0.2) is 11.5 Å². The number of methoxy groups -OCH3 is 1. The second-order valence-electron chi connectivity index (χ2n) is 7.14. The van der Waals surface area contributed by atoms with Crippen LogP contribution in [0.3, 0.4) is 0 Å². The third kappa shape index (κ3) is 3.18. The Morgan fingerprint density at radius 2 is 1.64 bits per heavy atom. The first kappa shape index (κ1) is 18.0. The summed E-state index contributed by atoms with van der Waals surface area (Å²) in [4.78, 5) is 5.48. The number of fused-ring (bicyclic) bond motifs is 1. The Balaban J connectivity index is 1.90. The topological polar surface area (TPSA) is 48.5 Å². The molecule has 4 heteroatoms. The number of H-pyrrole nitrogens is 1. The van der Waals surface area contributed by atoms with Crippen molar-refractivity contribution in [2.24, 2.45) is 0 Å². The number of anilines is 1. The van der Waals surface area contributed by atoms with Gasteiger partial charge in [0.05, 0.1) is 7.11 Å². The van der Waals surface area contributed by atoms with Gasteiger partial charge in [-0.1, -0.05) is 36.4 Å². The maximum Gasteiger partial charge on any atom is 0.160 e. The van der Waals surface area contributed by atoms with Crippen LogP contribution in [0.25, 0.3) is 10.9 Å². The fourth-order valence-electron chi connectivity index (χ4n) is 3.72. The van der Waals surface area contributed by atoms with Crippen molar-refractivity contribution in [3.8, 4) is 11.5 Å². The molecule has 142 valence electrons. The lowest BCUT2D eigenvalue weighted by molar-refractivity contribution is 0.373. The summed E-state index contributed by atoms with van der Waals surface area (Å²) < 4.78 is 5.36. The zero-order chi connectivity index (χ0) is 19.7. The number of nitrogens with zero attached hydrogens (tertiary/aromatic N) is 1. The third-order valence-electron chi connectivity index (χ3n) is 5.21. The first-order valence-corrected chi connectivity index (χ1v) is 9.28. The number of benzene rings is 3. The highest BCUT2D eigenvalue weighted by Crippen LogP contribution is 2.39. The molecule has 1 heterocycles. The number of rotatable bonds is 5. The summed E-state index contributed by atoms with van der Waals surface area (Å²) in [5, 5.41) is 11.2. The van der Waals surface area contributed by atoms with E-state index < -0.39 is 0 Å². The van der Waals surface area contributed by atoms with Crippen molar-refractivity contribution in [1.29, 1.82) is 0 Å². The number of phenols is 1. The highest BCUT2D eigenvalue weighted by molar-refractivity contribution is 5.85. The number of phenolic OH excluding ortho intramolecular Hbond substituents is 1. The van der Waals surface area contributed by atoms with Gasteiger partial charge in [-0.3, -0.25) is 0 Å². The number of hydrogen-bond acceptors (Lipinski definition) is 3. The second-order valence-corrected chi connectivity index (χ2v) is 7.14. The van der Waals surface area contributed by atoms with E-state index in [-0.39, 0.29) is 11.7 Å². The molecule has 1 unspecified atom stereocenters. The molecule has 2 N–H and O–H groups in total. The van der Waals surface area contributed by atoms with Crippen LogP contribution in [0.15, 0.2) is 72.9 Å². The first-order valence-electron chi connectivity index (χ1n) is 9.28. The Hall–Kier alpha value is -3.40. The highest BCUT2D eigenvalue weighted by atomic mass is 16.5. The molecule has 0 spiro atoms. The Bertz CT molecular complexity index is 1100. The van der Waals surface area contributed by atoms with Gasteiger partial charge in [-0.2, -0.15) is 0 Å². The summed E-state index contributed by atoms with van der Waals surface area (Å²) in [7, 11) is 5.65. The molecular weight excluding hydrogens is 348 g/mol. The van der Waals surface area contributed by atoms with Crippen LogP contribution in [0.2, 0.25) is 0 Å². The molecule has 0 aliphatic rings. The third-order valence-corrected chi connectivity index (χ3v) is 5.21. The minimum absolute atomic E-state index is 0.0156. The van der Waals surface area contributed by atoms with Gasteiger partial charge >= 0.3 is 0 Å². The van der Waals surface area contributed by atoms with E-state index in [1.807, 2.05) is 32.3 Å². The predicted octanol–water partition coefficient (Wildman–Crippen LogP) is 5.13. The molecule has 3 aromatic carbocycles. The quantitative estimate of drug-likeness (QED) is 0.511. The molecular formula is C24H24N2O2. The predicted molar refractivity (Wildman–Crippen MR) is 115 cm³/mol. The molecule has 4 nitrogen and oxygen atoms in total. The largest absolute Gasteiger partial charge is 0.504 e. The van der Waals surface area contributed by atoms with Gasteiger partial charge in [0.1, 0.15) is 0 Å². The van der Waals surface area contributed by atoms with Crippen molar-refractivity contribution in [3.05, 3.63) is 89.6 Å². The van der Waals surface area contributed by atoms with Gasteiger partial charge in [0.25, 0.3) is 0 Å². The molecule has 1 atom stereocenters. The summed E-state index contributed by atoms with van der Waals surface area (Å²) in [6.07, 6.45) is 2.08. The summed E-state index contributed by atoms with van der Waals surface area (Å²) in [6.45, 7) is 0. The number of nitrogens with one attached hydrogen (secondary N) is 1. The smallest absolute Gasteiger partial charge is 0.160 e. The average molecular weight is 372 g/mol. The Morgan fingerprint density at radius 1 is 0.929 bits per heavy atom. The summed E-state index contributed by atoms with van der Waals surface area (Å²) >= 11 is 0. The minimum atomic E-state index is 0.0156. The minimum Gasteiger partial charge on any atom is -0.504 e. The lowest BCUT2D eigenvalue weighted by Gasteiger charge is -2.20. The van der Waals surface area contributed by atoms with Crippen LogP contribution < -0.4 is 9.64 Å². The highest BCUT2D eigenvalue weighted by Gasteiger charge is 2.21. The maximum atomic E-state index is 10.1. The number of para-hydroxylation sites is 1. The van der Waals surface area contributed by atoms with Crippen LogP contribution >= 0.6 is 0 Å². The zero-order valence-corrected chi connectivity index (χ0v) is 16.3. The number of ether oxygens (including phenoxy) is 1. The molecule has 0 saturated heterocycles. The molecule has 4 aromatic rings. The normalized spacial score (nSPS) is 12.1. The van der Waals surface area contributed by atoms with Gasteiger partial charge in [0, 0.05) is 42.8 Å². The van der Waals surface area contributed by atoms with Crippen LogP contribution in [0, 0.1) is 0 Å². The fourth-order valence-corrected chi connectivity index (χ4v) is 3.72. The van der Waals surface area contributed by atoms with E-state index in [9.17, 15) is 5.11 Å². The molecule has 0 amide bonds. The Kier molecular flexibility index (Phi) is 4.70. The molecule has 0 radical (unpaired) electrons. The molecule has 0 bridgehead atoms. The van der Waals surface area contributed by atoms with Crippen molar-refractivity contribution in [3.63, 3.8) is 0 Å². The lowest BCUT2D eigenvalue weighted by atomic mass is 9.84. The van der Waals surface area contributed by atoms with Crippen LogP contribution in [-0.4, -0.2) is 31.3 Å². The van der Waals surface area contributed by atoms with E-state index in [0.29, 0.717) is 5.75 Å². The van der Waals surface area contributed by atoms with Crippen LogP contribution in [0.4, 0.5) is 5.69 Å². The molecule has 1 aromatic heterocycles. The van der Waals surface area contributed by atoms with E-state index in [4.69, 9.17) is 4.74 Å². The van der Waals surface area contributed by atoms with Crippen LogP contribution in [0.1, 0.15) is 22.6 Å². The summed E-state index contributed by atoms with van der Waals surface area (Å²) in [5.41, 5.74) is 5.71. The van der Waals surface area contributed by atoms with Gasteiger partial charge in [-0.05, 0) is 47.0 Å². The molecule has 4 rings (SSSR count). The Labute approximate surface area is 165 Å². The molecule has 28 heavy (non-hydrogen) atoms. The van der Waals surface area contributed by atoms with Gasteiger partial charge < -0.3 is 19.7 Å². The van der Waals surface area contributed by atoms with Crippen molar-refractivity contribution in [2.45, 2.75) is 5.92 Å². The molecule has 0 aliphatic heterocycles. The van der Waals surface area contributed by atoms with Crippen LogP contribution in [0.5, 0.6) is 11.5 Å². The monoisotopic (exact) mass is 372 g/mol. The van der Waals surface area contributed by atoms with E-state index >= 15 is 0 Å². The molecule has 0 aliphatic carbocycles. The number of aromatic hydroxyl groups is 1. The SMILES string of the molecule is COc1cc(C(c2ccc(N(C)C)cc2)c2c[nH]c3ccccc23)ccc1O. The van der Waals surface area contributed by atoms with Crippen molar-refractivity contribution in [1.82, 2.24) is 4.98 Å². The number of hydrogen-bond donors (Lipinski definition) is 2. The maximum absolute atomic E-state index is 10.1. The zero-order valence-electron chi connectivity index (χ0n) is 16.3.